The maximum Gasteiger partial charge on any atom is 0.306 e. The predicted molar refractivity (Wildman–Crippen MR) is 115 cm³/mol. The maximum absolute atomic E-state index is 11.1. The van der Waals surface area contributed by atoms with Gasteiger partial charge in [-0.1, -0.05) is 6.07 Å². The summed E-state index contributed by atoms with van der Waals surface area (Å²) >= 11 is 1.74. The Morgan fingerprint density at radius 2 is 2.03 bits per heavy atom. The second-order valence-corrected chi connectivity index (χ2v) is 8.57. The van der Waals surface area contributed by atoms with E-state index in [9.17, 15) is 4.79 Å². The van der Waals surface area contributed by atoms with Gasteiger partial charge in [0.2, 0.25) is 0 Å². The number of aromatic nitrogens is 2. The van der Waals surface area contributed by atoms with Gasteiger partial charge in [0, 0.05) is 17.6 Å². The molecule has 0 aromatic carbocycles. The van der Waals surface area contributed by atoms with Crippen LogP contribution in [-0.2, 0) is 11.3 Å². The maximum atomic E-state index is 11.1. The van der Waals surface area contributed by atoms with Gasteiger partial charge in [0.05, 0.1) is 16.5 Å². The average Bonchev–Trinajstić information content (AvgIpc) is 3.17. The van der Waals surface area contributed by atoms with Gasteiger partial charge in [-0.25, -0.2) is 9.97 Å². The van der Waals surface area contributed by atoms with Gasteiger partial charge in [-0.2, -0.15) is 0 Å². The molecular weight excluding hydrogens is 384 g/mol. The number of anilines is 2. The van der Waals surface area contributed by atoms with Crippen molar-refractivity contribution in [2.75, 3.05) is 18.4 Å². The van der Waals surface area contributed by atoms with Gasteiger partial charge in [-0.15, -0.1) is 11.3 Å². The first-order valence-corrected chi connectivity index (χ1v) is 10.6. The summed E-state index contributed by atoms with van der Waals surface area (Å²) in [6.45, 7) is 4.58. The molecule has 0 aliphatic carbocycles. The highest BCUT2D eigenvalue weighted by atomic mass is 32.1. The minimum atomic E-state index is -0.663. The van der Waals surface area contributed by atoms with E-state index in [0.717, 1.165) is 60.2 Å². The van der Waals surface area contributed by atoms with Crippen molar-refractivity contribution in [3.8, 4) is 10.6 Å². The van der Waals surface area contributed by atoms with Gasteiger partial charge in [0.15, 0.2) is 0 Å². The van der Waals surface area contributed by atoms with Crippen molar-refractivity contribution in [1.29, 1.82) is 0 Å². The van der Waals surface area contributed by atoms with Crippen LogP contribution in [0.4, 0.5) is 11.6 Å². The quantitative estimate of drug-likeness (QED) is 0.623. The summed E-state index contributed by atoms with van der Waals surface area (Å²) < 4.78 is 0. The van der Waals surface area contributed by atoms with Crippen LogP contribution in [0.25, 0.3) is 10.6 Å². The van der Waals surface area contributed by atoms with Crippen molar-refractivity contribution < 1.29 is 9.90 Å². The molecule has 3 aromatic rings. The van der Waals surface area contributed by atoms with Crippen LogP contribution < -0.4 is 5.32 Å². The van der Waals surface area contributed by atoms with Crippen LogP contribution in [-0.4, -0.2) is 39.0 Å². The Hall–Kier alpha value is -2.77. The van der Waals surface area contributed by atoms with E-state index in [0.29, 0.717) is 0 Å². The monoisotopic (exact) mass is 408 g/mol. The molecule has 7 heteroatoms. The van der Waals surface area contributed by atoms with Gasteiger partial charge in [-0.05, 0) is 74.8 Å². The van der Waals surface area contributed by atoms with Crippen LogP contribution in [0.2, 0.25) is 0 Å². The van der Waals surface area contributed by atoms with Crippen LogP contribution in [0.5, 0.6) is 0 Å². The zero-order valence-electron chi connectivity index (χ0n) is 16.3. The second kappa shape index (κ2) is 8.71. The fraction of sp³-hybridized carbons (Fsp3) is 0.318. The first kappa shape index (κ1) is 19.5. The summed E-state index contributed by atoms with van der Waals surface area (Å²) in [4.78, 5) is 24.9. The Kier molecular flexibility index (Phi) is 5.87. The highest BCUT2D eigenvalue weighted by Gasteiger charge is 2.24. The summed E-state index contributed by atoms with van der Waals surface area (Å²) in [7, 11) is 0. The minimum Gasteiger partial charge on any atom is -0.481 e. The number of hydrogen-bond acceptors (Lipinski definition) is 6. The third kappa shape index (κ3) is 4.99. The minimum absolute atomic E-state index is 0.188. The second-order valence-electron chi connectivity index (χ2n) is 7.41. The van der Waals surface area contributed by atoms with Gasteiger partial charge >= 0.3 is 5.97 Å². The molecule has 3 aromatic heterocycles. The Bertz CT molecular complexity index is 996. The zero-order chi connectivity index (χ0) is 20.2. The van der Waals surface area contributed by atoms with Crippen LogP contribution in [0.15, 0.2) is 48.7 Å². The Balaban J connectivity index is 1.41. The van der Waals surface area contributed by atoms with Crippen molar-refractivity contribution in [3.05, 3.63) is 59.1 Å². The molecule has 6 nitrogen and oxygen atoms in total. The van der Waals surface area contributed by atoms with Gasteiger partial charge in [-0.3, -0.25) is 9.69 Å². The van der Waals surface area contributed by atoms with E-state index in [1.165, 1.54) is 4.88 Å². The van der Waals surface area contributed by atoms with E-state index in [1.54, 1.807) is 17.5 Å². The van der Waals surface area contributed by atoms with E-state index in [1.807, 2.05) is 37.3 Å². The fourth-order valence-corrected chi connectivity index (χ4v) is 4.56. The van der Waals surface area contributed by atoms with Crippen molar-refractivity contribution in [1.82, 2.24) is 14.9 Å². The zero-order valence-corrected chi connectivity index (χ0v) is 17.2. The van der Waals surface area contributed by atoms with E-state index < -0.39 is 5.97 Å². The Morgan fingerprint density at radius 3 is 2.79 bits per heavy atom. The number of nitrogens with zero attached hydrogens (tertiary/aromatic N) is 3. The van der Waals surface area contributed by atoms with Crippen molar-refractivity contribution in [2.45, 2.75) is 26.3 Å². The Labute approximate surface area is 174 Å². The van der Waals surface area contributed by atoms with Crippen LogP contribution in [0, 0.1) is 12.8 Å². The van der Waals surface area contributed by atoms with Crippen LogP contribution in [0.3, 0.4) is 0 Å². The molecule has 4 heterocycles. The number of likely N-dealkylation sites (tertiary alicyclic amines) is 1. The molecule has 0 saturated carbocycles. The molecule has 1 fully saturated rings. The highest BCUT2D eigenvalue weighted by molar-refractivity contribution is 7.15. The molecule has 0 bridgehead atoms. The average molecular weight is 409 g/mol. The SMILES string of the molecule is Cc1ccnc(Nc2cccc(-c3ccc(CN4CCC(C(=O)O)CC4)s3)n2)c1. The largest absolute Gasteiger partial charge is 0.481 e. The number of aliphatic carboxylic acids is 1. The lowest BCUT2D eigenvalue weighted by Crippen LogP contribution is -2.35. The molecular formula is C22H24N4O2S. The highest BCUT2D eigenvalue weighted by Crippen LogP contribution is 2.29. The van der Waals surface area contributed by atoms with E-state index in [-0.39, 0.29) is 5.92 Å². The van der Waals surface area contributed by atoms with Gasteiger partial charge in [0.25, 0.3) is 0 Å². The number of rotatable bonds is 6. The van der Waals surface area contributed by atoms with Crippen LogP contribution in [0.1, 0.15) is 23.3 Å². The van der Waals surface area contributed by atoms with E-state index in [2.05, 4.69) is 27.3 Å². The first-order chi connectivity index (χ1) is 14.1. The molecule has 0 atom stereocenters. The van der Waals surface area contributed by atoms with Crippen molar-refractivity contribution >= 4 is 28.9 Å². The molecule has 1 aliphatic heterocycles. The van der Waals surface area contributed by atoms with Gasteiger partial charge in [0.1, 0.15) is 11.6 Å². The molecule has 0 spiro atoms. The number of nitrogens with one attached hydrogen (secondary N) is 1. The molecule has 1 aliphatic rings. The summed E-state index contributed by atoms with van der Waals surface area (Å²) in [5, 5.41) is 12.4. The molecule has 0 unspecified atom stereocenters. The number of carbonyl (C=O) groups is 1. The topological polar surface area (TPSA) is 78.4 Å². The molecule has 150 valence electrons. The Morgan fingerprint density at radius 1 is 1.21 bits per heavy atom. The lowest BCUT2D eigenvalue weighted by atomic mass is 9.97. The number of carboxylic acids is 1. The standard InChI is InChI=1S/C22H24N4O2S/c1-15-7-10-23-21(13-15)25-20-4-2-3-18(24-20)19-6-5-17(29-19)14-26-11-8-16(9-12-26)22(27)28/h2-7,10,13,16H,8-9,11-12,14H2,1H3,(H,27,28)(H,23,24,25). The molecule has 4 rings (SSSR count). The third-order valence-corrected chi connectivity index (χ3v) is 6.24. The van der Waals surface area contributed by atoms with Crippen LogP contribution >= 0.6 is 11.3 Å². The van der Waals surface area contributed by atoms with Gasteiger partial charge < -0.3 is 10.4 Å². The summed E-state index contributed by atoms with van der Waals surface area (Å²) in [5.74, 6) is 0.702. The lowest BCUT2D eigenvalue weighted by Gasteiger charge is -2.29. The molecule has 29 heavy (non-hydrogen) atoms. The number of piperidine rings is 1. The number of pyridine rings is 2. The fourth-order valence-electron chi connectivity index (χ4n) is 3.54. The van der Waals surface area contributed by atoms with E-state index >= 15 is 0 Å². The first-order valence-electron chi connectivity index (χ1n) is 9.78. The molecule has 0 amide bonds. The number of aryl methyl sites for hydroxylation is 1. The molecule has 2 N–H and O–H groups in total. The molecule has 1 saturated heterocycles. The van der Waals surface area contributed by atoms with Crippen molar-refractivity contribution in [3.63, 3.8) is 0 Å². The summed E-state index contributed by atoms with van der Waals surface area (Å²) in [6.07, 6.45) is 3.25. The number of hydrogen-bond donors (Lipinski definition) is 2. The van der Waals surface area contributed by atoms with E-state index in [4.69, 9.17) is 10.1 Å². The third-order valence-electron chi connectivity index (χ3n) is 5.15. The normalized spacial score (nSPS) is 15.3. The summed E-state index contributed by atoms with van der Waals surface area (Å²) in [5.41, 5.74) is 2.08. The predicted octanol–water partition coefficient (Wildman–Crippen LogP) is 4.55. The number of thiophene rings is 1. The smallest absolute Gasteiger partial charge is 0.306 e. The summed E-state index contributed by atoms with van der Waals surface area (Å²) in [6, 6.07) is 14.2. The molecule has 0 radical (unpaired) electrons. The lowest BCUT2D eigenvalue weighted by molar-refractivity contribution is -0.143. The number of carboxylic acid groups (broad SMARTS) is 1. The van der Waals surface area contributed by atoms with Crippen molar-refractivity contribution in [2.24, 2.45) is 5.92 Å².